The van der Waals surface area contributed by atoms with Crippen LogP contribution in [0.15, 0.2) is 22.7 Å². The lowest BCUT2D eigenvalue weighted by atomic mass is 10.1. The molecule has 5 nitrogen and oxygen atoms in total. The second-order valence-electron chi connectivity index (χ2n) is 5.48. The SMILES string of the molecule is CN1CCNCC1c1noc(CCc2ccc(Cl)cc2Cl)n1.Cl. The van der Waals surface area contributed by atoms with E-state index in [1.54, 1.807) is 6.07 Å². The van der Waals surface area contributed by atoms with Crippen LogP contribution in [0.2, 0.25) is 10.0 Å². The number of aryl methyl sites for hydroxylation is 2. The molecule has 1 aliphatic rings. The topological polar surface area (TPSA) is 54.2 Å². The molecule has 126 valence electrons. The average molecular weight is 378 g/mol. The van der Waals surface area contributed by atoms with Crippen LogP contribution in [0.3, 0.4) is 0 Å². The first-order valence-corrected chi connectivity index (χ1v) is 8.06. The molecule has 0 saturated carbocycles. The van der Waals surface area contributed by atoms with Crippen LogP contribution in [0.4, 0.5) is 0 Å². The van der Waals surface area contributed by atoms with Gasteiger partial charge in [-0.05, 0) is 31.2 Å². The predicted molar refractivity (Wildman–Crippen MR) is 93.7 cm³/mol. The van der Waals surface area contributed by atoms with Gasteiger partial charge >= 0.3 is 0 Å². The van der Waals surface area contributed by atoms with E-state index in [0.29, 0.717) is 22.4 Å². The first-order chi connectivity index (χ1) is 10.6. The van der Waals surface area contributed by atoms with Crippen molar-refractivity contribution in [3.05, 3.63) is 45.5 Å². The lowest BCUT2D eigenvalue weighted by Crippen LogP contribution is -2.44. The van der Waals surface area contributed by atoms with E-state index in [0.717, 1.165) is 37.4 Å². The molecule has 1 N–H and O–H groups in total. The molecule has 0 amide bonds. The van der Waals surface area contributed by atoms with E-state index in [1.165, 1.54) is 0 Å². The third-order valence-electron chi connectivity index (χ3n) is 3.92. The lowest BCUT2D eigenvalue weighted by molar-refractivity contribution is 0.190. The van der Waals surface area contributed by atoms with Gasteiger partial charge in [0, 0.05) is 36.1 Å². The van der Waals surface area contributed by atoms with E-state index in [4.69, 9.17) is 27.7 Å². The van der Waals surface area contributed by atoms with E-state index >= 15 is 0 Å². The van der Waals surface area contributed by atoms with Gasteiger partial charge in [0.25, 0.3) is 0 Å². The van der Waals surface area contributed by atoms with Crippen molar-refractivity contribution in [1.29, 1.82) is 0 Å². The van der Waals surface area contributed by atoms with Gasteiger partial charge in [0.15, 0.2) is 5.82 Å². The number of nitrogens with one attached hydrogen (secondary N) is 1. The Labute approximate surface area is 151 Å². The Hall–Kier alpha value is -0.850. The number of nitrogens with zero attached hydrogens (tertiary/aromatic N) is 3. The third-order valence-corrected chi connectivity index (χ3v) is 4.50. The van der Waals surface area contributed by atoms with Crippen molar-refractivity contribution in [3.8, 4) is 0 Å². The van der Waals surface area contributed by atoms with Crippen LogP contribution in [0.25, 0.3) is 0 Å². The Morgan fingerprint density at radius 2 is 2.17 bits per heavy atom. The van der Waals surface area contributed by atoms with Crippen LogP contribution in [0.5, 0.6) is 0 Å². The maximum absolute atomic E-state index is 6.18. The summed E-state index contributed by atoms with van der Waals surface area (Å²) in [6, 6.07) is 5.69. The van der Waals surface area contributed by atoms with Crippen molar-refractivity contribution in [1.82, 2.24) is 20.4 Å². The van der Waals surface area contributed by atoms with Crippen LogP contribution >= 0.6 is 35.6 Å². The predicted octanol–water partition coefficient (Wildman–Crippen LogP) is 3.16. The monoisotopic (exact) mass is 376 g/mol. The molecule has 1 saturated heterocycles. The highest BCUT2D eigenvalue weighted by Gasteiger charge is 2.25. The second kappa shape index (κ2) is 8.31. The molecular formula is C15H19Cl3N4O. The van der Waals surface area contributed by atoms with Gasteiger partial charge in [-0.1, -0.05) is 34.4 Å². The smallest absolute Gasteiger partial charge is 0.227 e. The molecule has 1 aromatic heterocycles. The first kappa shape index (κ1) is 18.5. The summed E-state index contributed by atoms with van der Waals surface area (Å²) in [6.07, 6.45) is 1.41. The summed E-state index contributed by atoms with van der Waals surface area (Å²) in [5.74, 6) is 1.38. The summed E-state index contributed by atoms with van der Waals surface area (Å²) < 4.78 is 5.37. The largest absolute Gasteiger partial charge is 0.339 e. The molecule has 1 aliphatic heterocycles. The fourth-order valence-corrected chi connectivity index (χ4v) is 3.07. The van der Waals surface area contributed by atoms with Crippen LogP contribution in [-0.2, 0) is 12.8 Å². The molecule has 3 rings (SSSR count). The van der Waals surface area contributed by atoms with Gasteiger partial charge in [-0.25, -0.2) is 0 Å². The van der Waals surface area contributed by atoms with E-state index in [9.17, 15) is 0 Å². The second-order valence-corrected chi connectivity index (χ2v) is 6.33. The molecule has 1 unspecified atom stereocenters. The molecule has 1 fully saturated rings. The van der Waals surface area contributed by atoms with E-state index < -0.39 is 0 Å². The minimum absolute atomic E-state index is 0. The van der Waals surface area contributed by atoms with Gasteiger partial charge in [0.05, 0.1) is 6.04 Å². The summed E-state index contributed by atoms with van der Waals surface area (Å²) >= 11 is 12.1. The minimum atomic E-state index is 0. The van der Waals surface area contributed by atoms with Crippen LogP contribution in [0, 0.1) is 0 Å². The zero-order valence-electron chi connectivity index (χ0n) is 12.8. The molecule has 0 bridgehead atoms. The highest BCUT2D eigenvalue weighted by atomic mass is 35.5. The van der Waals surface area contributed by atoms with Crippen LogP contribution < -0.4 is 5.32 Å². The van der Waals surface area contributed by atoms with Crippen molar-refractivity contribution in [2.45, 2.75) is 18.9 Å². The van der Waals surface area contributed by atoms with Crippen LogP contribution in [0.1, 0.15) is 23.3 Å². The highest BCUT2D eigenvalue weighted by molar-refractivity contribution is 6.35. The summed E-state index contributed by atoms with van der Waals surface area (Å²) in [6.45, 7) is 2.82. The number of aromatic nitrogens is 2. The van der Waals surface area contributed by atoms with Gasteiger partial charge in [-0.2, -0.15) is 4.98 Å². The molecule has 0 radical (unpaired) electrons. The zero-order chi connectivity index (χ0) is 15.5. The summed E-state index contributed by atoms with van der Waals surface area (Å²) in [4.78, 5) is 6.76. The summed E-state index contributed by atoms with van der Waals surface area (Å²) in [5.41, 5.74) is 1.03. The average Bonchev–Trinajstić information content (AvgIpc) is 2.95. The molecule has 0 aliphatic carbocycles. The maximum atomic E-state index is 6.18. The van der Waals surface area contributed by atoms with Gasteiger partial charge < -0.3 is 9.84 Å². The van der Waals surface area contributed by atoms with Gasteiger partial charge in [0.1, 0.15) is 0 Å². The number of benzene rings is 1. The number of hydrogen-bond acceptors (Lipinski definition) is 5. The van der Waals surface area contributed by atoms with Crippen molar-refractivity contribution in [3.63, 3.8) is 0 Å². The highest BCUT2D eigenvalue weighted by Crippen LogP contribution is 2.23. The fraction of sp³-hybridized carbons (Fsp3) is 0.467. The van der Waals surface area contributed by atoms with Crippen molar-refractivity contribution < 1.29 is 4.52 Å². The Morgan fingerprint density at radius 1 is 1.35 bits per heavy atom. The zero-order valence-corrected chi connectivity index (χ0v) is 15.1. The van der Waals surface area contributed by atoms with Crippen molar-refractivity contribution in [2.75, 3.05) is 26.7 Å². The molecular weight excluding hydrogens is 359 g/mol. The molecule has 8 heteroatoms. The molecule has 1 aromatic carbocycles. The minimum Gasteiger partial charge on any atom is -0.339 e. The summed E-state index contributed by atoms with van der Waals surface area (Å²) in [5, 5.41) is 8.78. The fourth-order valence-electron chi connectivity index (χ4n) is 2.57. The number of rotatable bonds is 4. The van der Waals surface area contributed by atoms with Gasteiger partial charge in [-0.3, -0.25) is 4.90 Å². The maximum Gasteiger partial charge on any atom is 0.227 e. The summed E-state index contributed by atoms with van der Waals surface area (Å²) in [7, 11) is 2.08. The number of likely N-dealkylation sites (N-methyl/N-ethyl adjacent to an activating group) is 1. The van der Waals surface area contributed by atoms with E-state index in [1.807, 2.05) is 12.1 Å². The number of hydrogen-bond donors (Lipinski definition) is 1. The Kier molecular flexibility index (Phi) is 6.68. The molecule has 1 atom stereocenters. The van der Waals surface area contributed by atoms with E-state index in [-0.39, 0.29) is 18.4 Å². The van der Waals surface area contributed by atoms with Crippen LogP contribution in [-0.4, -0.2) is 41.7 Å². The molecule has 23 heavy (non-hydrogen) atoms. The Bertz CT molecular complexity index is 649. The first-order valence-electron chi connectivity index (χ1n) is 7.31. The molecule has 0 spiro atoms. The Morgan fingerprint density at radius 3 is 2.91 bits per heavy atom. The standard InChI is InChI=1S/C15H18Cl2N4O.ClH/c1-21-7-6-18-9-13(21)15-19-14(22-20-15)5-3-10-2-4-11(16)8-12(10)17;/h2,4,8,13,18H,3,5-7,9H2,1H3;1H. The third kappa shape index (κ3) is 4.58. The van der Waals surface area contributed by atoms with Crippen molar-refractivity contribution in [2.24, 2.45) is 0 Å². The number of piperazine rings is 1. The lowest BCUT2D eigenvalue weighted by Gasteiger charge is -2.30. The molecule has 2 aromatic rings. The molecule has 2 heterocycles. The van der Waals surface area contributed by atoms with E-state index in [2.05, 4.69) is 27.4 Å². The number of halogens is 3. The van der Waals surface area contributed by atoms with Crippen molar-refractivity contribution >= 4 is 35.6 Å². The quantitative estimate of drug-likeness (QED) is 0.887. The van der Waals surface area contributed by atoms with Gasteiger partial charge in [0.2, 0.25) is 5.89 Å². The van der Waals surface area contributed by atoms with Gasteiger partial charge in [-0.15, -0.1) is 12.4 Å². The Balaban J connectivity index is 0.00000192. The normalized spacial score (nSPS) is 18.7.